The molecule has 0 atom stereocenters. The number of rotatable bonds is 2. The van der Waals surface area contributed by atoms with Crippen molar-refractivity contribution < 1.29 is 13.9 Å². The number of nitrogens with zero attached hydrogens (tertiary/aromatic N) is 1. The van der Waals surface area contributed by atoms with Gasteiger partial charge in [-0.1, -0.05) is 6.07 Å². The third-order valence-electron chi connectivity index (χ3n) is 2.03. The quantitative estimate of drug-likeness (QED) is 0.613. The smallest absolute Gasteiger partial charge is 0.360 e. The Kier molecular flexibility index (Phi) is 2.59. The summed E-state index contributed by atoms with van der Waals surface area (Å²) in [4.78, 5) is 15.2. The van der Waals surface area contributed by atoms with Crippen molar-refractivity contribution in [3.8, 4) is 11.5 Å². The Morgan fingerprint density at radius 3 is 3.00 bits per heavy atom. The fraction of sp³-hybridized carbons (Fsp3) is 0.0909. The first-order valence-corrected chi connectivity index (χ1v) is 4.60. The molecule has 0 unspecified atom stereocenters. The number of ether oxygens (including phenoxy) is 1. The van der Waals surface area contributed by atoms with Crippen molar-refractivity contribution in [2.45, 2.75) is 0 Å². The van der Waals surface area contributed by atoms with E-state index in [9.17, 15) is 4.79 Å². The molecule has 0 bridgehead atoms. The van der Waals surface area contributed by atoms with Crippen molar-refractivity contribution in [2.75, 3.05) is 12.8 Å². The number of nitrogens with two attached hydrogens (primary N) is 1. The summed E-state index contributed by atoms with van der Waals surface area (Å²) >= 11 is 0. The zero-order chi connectivity index (χ0) is 11.5. The number of carbonyl (C=O) groups excluding carboxylic acids is 1. The number of carbonyl (C=O) groups is 1. The van der Waals surface area contributed by atoms with Crippen LogP contribution in [0.5, 0.6) is 0 Å². The van der Waals surface area contributed by atoms with Gasteiger partial charge in [0.25, 0.3) is 0 Å². The maximum atomic E-state index is 11.2. The molecule has 2 rings (SSSR count). The van der Waals surface area contributed by atoms with Crippen molar-refractivity contribution >= 4 is 11.7 Å². The summed E-state index contributed by atoms with van der Waals surface area (Å²) in [6, 6.07) is 7.05. The van der Waals surface area contributed by atoms with Gasteiger partial charge >= 0.3 is 5.97 Å². The lowest BCUT2D eigenvalue weighted by Crippen LogP contribution is -2.00. The zero-order valence-corrected chi connectivity index (χ0v) is 8.64. The molecular formula is C11H10N2O3. The number of oxazole rings is 1. The van der Waals surface area contributed by atoms with Gasteiger partial charge in [0, 0.05) is 11.3 Å². The first-order valence-electron chi connectivity index (χ1n) is 4.60. The van der Waals surface area contributed by atoms with Crippen LogP contribution in [0.2, 0.25) is 0 Å². The maximum Gasteiger partial charge on any atom is 0.360 e. The average molecular weight is 218 g/mol. The Hall–Kier alpha value is -2.30. The molecule has 5 nitrogen and oxygen atoms in total. The average Bonchev–Trinajstić information content (AvgIpc) is 2.77. The monoisotopic (exact) mass is 218 g/mol. The molecule has 0 saturated heterocycles. The fourth-order valence-corrected chi connectivity index (χ4v) is 1.28. The van der Waals surface area contributed by atoms with E-state index in [0.717, 1.165) is 5.56 Å². The summed E-state index contributed by atoms with van der Waals surface area (Å²) in [6.07, 6.45) is 1.25. The molecule has 16 heavy (non-hydrogen) atoms. The number of hydrogen-bond acceptors (Lipinski definition) is 5. The van der Waals surface area contributed by atoms with Crippen LogP contribution in [-0.2, 0) is 4.74 Å². The van der Waals surface area contributed by atoms with Gasteiger partial charge in [-0.05, 0) is 18.2 Å². The highest BCUT2D eigenvalue weighted by Crippen LogP contribution is 2.20. The molecule has 0 aliphatic carbocycles. The predicted molar refractivity (Wildman–Crippen MR) is 57.7 cm³/mol. The summed E-state index contributed by atoms with van der Waals surface area (Å²) < 4.78 is 9.68. The van der Waals surface area contributed by atoms with Crippen LogP contribution in [0.25, 0.3) is 11.5 Å². The van der Waals surface area contributed by atoms with Crippen molar-refractivity contribution in [3.05, 3.63) is 36.2 Å². The Bertz CT molecular complexity index is 519. The van der Waals surface area contributed by atoms with Gasteiger partial charge in [0.1, 0.15) is 6.26 Å². The van der Waals surface area contributed by atoms with E-state index >= 15 is 0 Å². The molecule has 0 amide bonds. The van der Waals surface area contributed by atoms with Crippen LogP contribution in [-0.4, -0.2) is 18.1 Å². The van der Waals surface area contributed by atoms with Gasteiger partial charge in [0.15, 0.2) is 5.69 Å². The third kappa shape index (κ3) is 1.88. The highest BCUT2D eigenvalue weighted by Gasteiger charge is 2.13. The second-order valence-electron chi connectivity index (χ2n) is 3.15. The standard InChI is InChI=1S/C11H10N2O3/c1-15-11(14)9-6-16-10(13-9)7-3-2-4-8(12)5-7/h2-6H,12H2,1H3. The lowest BCUT2D eigenvalue weighted by Gasteiger charge is -1.96. The molecule has 1 heterocycles. The number of aromatic nitrogens is 1. The molecule has 0 saturated carbocycles. The number of esters is 1. The third-order valence-corrected chi connectivity index (χ3v) is 2.03. The van der Waals surface area contributed by atoms with Gasteiger partial charge in [-0.15, -0.1) is 0 Å². The molecule has 2 N–H and O–H groups in total. The Morgan fingerprint density at radius 1 is 1.50 bits per heavy atom. The van der Waals surface area contributed by atoms with E-state index in [1.54, 1.807) is 24.3 Å². The topological polar surface area (TPSA) is 78.3 Å². The Balaban J connectivity index is 2.35. The van der Waals surface area contributed by atoms with Crippen LogP contribution in [0.4, 0.5) is 5.69 Å². The summed E-state index contributed by atoms with van der Waals surface area (Å²) in [5.74, 6) is -0.188. The van der Waals surface area contributed by atoms with Gasteiger partial charge in [-0.25, -0.2) is 9.78 Å². The van der Waals surface area contributed by atoms with E-state index in [2.05, 4.69) is 9.72 Å². The molecule has 1 aromatic heterocycles. The zero-order valence-electron chi connectivity index (χ0n) is 8.64. The minimum atomic E-state index is -0.529. The molecule has 0 aliphatic rings. The van der Waals surface area contributed by atoms with Crippen LogP contribution in [0.1, 0.15) is 10.5 Å². The van der Waals surface area contributed by atoms with Gasteiger partial charge in [0.2, 0.25) is 5.89 Å². The van der Waals surface area contributed by atoms with Crippen LogP contribution in [0, 0.1) is 0 Å². The van der Waals surface area contributed by atoms with Gasteiger partial charge in [0.05, 0.1) is 7.11 Å². The first-order chi connectivity index (χ1) is 7.70. The lowest BCUT2D eigenvalue weighted by molar-refractivity contribution is 0.0594. The molecule has 0 radical (unpaired) electrons. The Morgan fingerprint density at radius 2 is 2.31 bits per heavy atom. The molecular weight excluding hydrogens is 208 g/mol. The van der Waals surface area contributed by atoms with Crippen molar-refractivity contribution in [3.63, 3.8) is 0 Å². The number of benzene rings is 1. The number of methoxy groups -OCH3 is 1. The highest BCUT2D eigenvalue weighted by atomic mass is 16.5. The molecule has 2 aromatic rings. The van der Waals surface area contributed by atoms with Gasteiger partial charge < -0.3 is 14.9 Å². The fourth-order valence-electron chi connectivity index (χ4n) is 1.28. The van der Waals surface area contributed by atoms with Crippen LogP contribution < -0.4 is 5.73 Å². The molecule has 82 valence electrons. The second-order valence-corrected chi connectivity index (χ2v) is 3.15. The minimum Gasteiger partial charge on any atom is -0.464 e. The van der Waals surface area contributed by atoms with Crippen LogP contribution in [0.15, 0.2) is 34.9 Å². The highest BCUT2D eigenvalue weighted by molar-refractivity contribution is 5.87. The number of anilines is 1. The first kappa shape index (κ1) is 10.2. The van der Waals surface area contributed by atoms with E-state index in [1.165, 1.54) is 13.4 Å². The SMILES string of the molecule is COC(=O)c1coc(-c2cccc(N)c2)n1. The molecule has 0 aliphatic heterocycles. The predicted octanol–water partition coefficient (Wildman–Crippen LogP) is 1.71. The summed E-state index contributed by atoms with van der Waals surface area (Å²) in [5, 5.41) is 0. The Labute approximate surface area is 91.8 Å². The van der Waals surface area contributed by atoms with E-state index in [1.807, 2.05) is 0 Å². The van der Waals surface area contributed by atoms with E-state index in [0.29, 0.717) is 11.6 Å². The summed E-state index contributed by atoms with van der Waals surface area (Å²) in [5.41, 5.74) is 7.09. The summed E-state index contributed by atoms with van der Waals surface area (Å²) in [6.45, 7) is 0. The van der Waals surface area contributed by atoms with Crippen molar-refractivity contribution in [2.24, 2.45) is 0 Å². The van der Waals surface area contributed by atoms with Crippen molar-refractivity contribution in [1.82, 2.24) is 4.98 Å². The van der Waals surface area contributed by atoms with E-state index in [4.69, 9.17) is 10.2 Å². The molecule has 0 fully saturated rings. The largest absolute Gasteiger partial charge is 0.464 e. The molecule has 5 heteroatoms. The normalized spacial score (nSPS) is 10.1. The van der Waals surface area contributed by atoms with Crippen molar-refractivity contribution in [1.29, 1.82) is 0 Å². The second kappa shape index (κ2) is 4.06. The van der Waals surface area contributed by atoms with Crippen LogP contribution >= 0.6 is 0 Å². The number of hydrogen-bond donors (Lipinski definition) is 1. The molecule has 1 aromatic carbocycles. The number of nitrogen functional groups attached to an aromatic ring is 1. The lowest BCUT2D eigenvalue weighted by atomic mass is 10.2. The van der Waals surface area contributed by atoms with E-state index in [-0.39, 0.29) is 5.69 Å². The molecule has 0 spiro atoms. The minimum absolute atomic E-state index is 0.139. The summed E-state index contributed by atoms with van der Waals surface area (Å²) in [7, 11) is 1.29. The van der Waals surface area contributed by atoms with E-state index < -0.39 is 5.97 Å². The van der Waals surface area contributed by atoms with Crippen LogP contribution in [0.3, 0.4) is 0 Å². The maximum absolute atomic E-state index is 11.2. The van der Waals surface area contributed by atoms with Gasteiger partial charge in [-0.3, -0.25) is 0 Å². The van der Waals surface area contributed by atoms with Gasteiger partial charge in [-0.2, -0.15) is 0 Å².